The van der Waals surface area contributed by atoms with Gasteiger partial charge in [0.1, 0.15) is 11.5 Å². The number of benzene rings is 3. The van der Waals surface area contributed by atoms with Gasteiger partial charge in [0, 0.05) is 15.1 Å². The van der Waals surface area contributed by atoms with Crippen molar-refractivity contribution in [1.82, 2.24) is 5.43 Å². The summed E-state index contributed by atoms with van der Waals surface area (Å²) in [7, 11) is 0. The summed E-state index contributed by atoms with van der Waals surface area (Å²) < 4.78 is 11.8. The first-order valence-corrected chi connectivity index (χ1v) is 10.4. The number of halogens is 2. The molecule has 0 heterocycles. The molecule has 158 valence electrons. The largest absolute Gasteiger partial charge is 0.481 e. The molecule has 3 aromatic rings. The Morgan fingerprint density at radius 3 is 2.58 bits per heavy atom. The van der Waals surface area contributed by atoms with E-state index in [1.54, 1.807) is 73.7 Å². The van der Waals surface area contributed by atoms with Crippen LogP contribution in [0.3, 0.4) is 0 Å². The molecule has 31 heavy (non-hydrogen) atoms. The fourth-order valence-corrected chi connectivity index (χ4v) is 3.06. The number of hydrogen-bond acceptors (Lipinski definition) is 5. The number of rotatable bonds is 7. The topological polar surface area (TPSA) is 77.0 Å². The second-order valence-electron chi connectivity index (χ2n) is 6.39. The van der Waals surface area contributed by atoms with Crippen molar-refractivity contribution < 1.29 is 19.1 Å². The number of amides is 1. The fourth-order valence-electron chi connectivity index (χ4n) is 2.50. The molecule has 0 aliphatic carbocycles. The van der Waals surface area contributed by atoms with Gasteiger partial charge in [-0.15, -0.1) is 0 Å². The Hall–Kier alpha value is -3.16. The van der Waals surface area contributed by atoms with Crippen molar-refractivity contribution >= 4 is 45.6 Å². The van der Waals surface area contributed by atoms with Crippen molar-refractivity contribution in [3.05, 3.63) is 93.4 Å². The fraction of sp³-hybridized carbons (Fsp3) is 0.0870. The standard InChI is InChI=1S/C23H18BrClN2O4/c1-15(30-20-9-5-8-19(25)13-20)22(28)27-26-14-17-12-18(24)10-11-21(17)31-23(29)16-6-3-2-4-7-16/h2-15H,1H3,(H,27,28)/b26-14-/t15-/m0/s1. The quantitative estimate of drug-likeness (QED) is 0.208. The van der Waals surface area contributed by atoms with Gasteiger partial charge in [-0.2, -0.15) is 5.10 Å². The lowest BCUT2D eigenvalue weighted by Gasteiger charge is -2.13. The molecule has 1 N–H and O–H groups in total. The van der Waals surface area contributed by atoms with E-state index >= 15 is 0 Å². The predicted octanol–water partition coefficient (Wildman–Crippen LogP) is 5.24. The molecule has 0 radical (unpaired) electrons. The molecular weight excluding hydrogens is 484 g/mol. The van der Waals surface area contributed by atoms with Crippen LogP contribution in [-0.4, -0.2) is 24.2 Å². The summed E-state index contributed by atoms with van der Waals surface area (Å²) >= 11 is 9.29. The zero-order valence-corrected chi connectivity index (χ0v) is 18.8. The van der Waals surface area contributed by atoms with Crippen molar-refractivity contribution in [2.75, 3.05) is 0 Å². The molecule has 0 spiro atoms. The number of nitrogens with one attached hydrogen (secondary N) is 1. The van der Waals surface area contributed by atoms with Crippen LogP contribution in [0.1, 0.15) is 22.8 Å². The lowest BCUT2D eigenvalue weighted by Crippen LogP contribution is -2.33. The summed E-state index contributed by atoms with van der Waals surface area (Å²) in [6.45, 7) is 1.60. The zero-order valence-electron chi connectivity index (χ0n) is 16.4. The first kappa shape index (κ1) is 22.5. The van der Waals surface area contributed by atoms with Crippen molar-refractivity contribution in [2.24, 2.45) is 5.10 Å². The van der Waals surface area contributed by atoms with Gasteiger partial charge < -0.3 is 9.47 Å². The predicted molar refractivity (Wildman–Crippen MR) is 123 cm³/mol. The Morgan fingerprint density at radius 1 is 1.06 bits per heavy atom. The Kier molecular flexibility index (Phi) is 7.81. The van der Waals surface area contributed by atoms with Gasteiger partial charge in [-0.05, 0) is 55.5 Å². The van der Waals surface area contributed by atoms with Gasteiger partial charge in [0.05, 0.1) is 11.8 Å². The Balaban J connectivity index is 1.65. The third kappa shape index (κ3) is 6.67. The molecule has 0 saturated carbocycles. The van der Waals surface area contributed by atoms with E-state index in [0.29, 0.717) is 27.6 Å². The SMILES string of the molecule is C[C@H](Oc1cccc(Cl)c1)C(=O)N/N=C\c1cc(Br)ccc1OC(=O)c1ccccc1. The monoisotopic (exact) mass is 500 g/mol. The third-order valence-electron chi connectivity index (χ3n) is 4.04. The van der Waals surface area contributed by atoms with E-state index in [1.165, 1.54) is 6.21 Å². The highest BCUT2D eigenvalue weighted by molar-refractivity contribution is 9.10. The minimum Gasteiger partial charge on any atom is -0.481 e. The van der Waals surface area contributed by atoms with E-state index in [9.17, 15) is 9.59 Å². The lowest BCUT2D eigenvalue weighted by atomic mass is 10.2. The Bertz CT molecular complexity index is 1110. The van der Waals surface area contributed by atoms with Crippen molar-refractivity contribution in [1.29, 1.82) is 0 Å². The van der Waals surface area contributed by atoms with Crippen LogP contribution < -0.4 is 14.9 Å². The van der Waals surface area contributed by atoms with E-state index in [2.05, 4.69) is 26.5 Å². The first-order chi connectivity index (χ1) is 14.9. The van der Waals surface area contributed by atoms with E-state index in [0.717, 1.165) is 4.47 Å². The molecule has 3 rings (SSSR count). The van der Waals surface area contributed by atoms with Gasteiger partial charge in [-0.25, -0.2) is 10.2 Å². The minimum absolute atomic E-state index is 0.304. The smallest absolute Gasteiger partial charge is 0.343 e. The van der Waals surface area contributed by atoms with Crippen LogP contribution in [-0.2, 0) is 4.79 Å². The molecule has 1 atom stereocenters. The Labute approximate surface area is 193 Å². The number of esters is 1. The number of nitrogens with zero attached hydrogens (tertiary/aromatic N) is 1. The van der Waals surface area contributed by atoms with Crippen molar-refractivity contribution in [2.45, 2.75) is 13.0 Å². The summed E-state index contributed by atoms with van der Waals surface area (Å²) in [6.07, 6.45) is 0.594. The molecule has 3 aromatic carbocycles. The van der Waals surface area contributed by atoms with Crippen LogP contribution in [0.25, 0.3) is 0 Å². The van der Waals surface area contributed by atoms with Gasteiger partial charge in [-0.1, -0.05) is 51.8 Å². The van der Waals surface area contributed by atoms with Crippen LogP contribution in [0.5, 0.6) is 11.5 Å². The van der Waals surface area contributed by atoms with Crippen LogP contribution in [0.2, 0.25) is 5.02 Å². The third-order valence-corrected chi connectivity index (χ3v) is 4.77. The molecule has 0 aromatic heterocycles. The van der Waals surface area contributed by atoms with E-state index in [-0.39, 0.29) is 0 Å². The number of carbonyl (C=O) groups is 2. The maximum Gasteiger partial charge on any atom is 0.343 e. The molecule has 0 saturated heterocycles. The summed E-state index contributed by atoms with van der Waals surface area (Å²) in [4.78, 5) is 24.6. The highest BCUT2D eigenvalue weighted by Crippen LogP contribution is 2.23. The van der Waals surface area contributed by atoms with Crippen LogP contribution in [0.4, 0.5) is 0 Å². The van der Waals surface area contributed by atoms with E-state index in [4.69, 9.17) is 21.1 Å². The summed E-state index contributed by atoms with van der Waals surface area (Å²) in [5.41, 5.74) is 3.34. The molecule has 0 aliphatic rings. The lowest BCUT2D eigenvalue weighted by molar-refractivity contribution is -0.127. The average molecular weight is 502 g/mol. The molecule has 1 amide bonds. The first-order valence-electron chi connectivity index (χ1n) is 9.24. The number of ether oxygens (including phenoxy) is 2. The molecule has 0 bridgehead atoms. The van der Waals surface area contributed by atoms with Crippen LogP contribution in [0, 0.1) is 0 Å². The van der Waals surface area contributed by atoms with Gasteiger partial charge >= 0.3 is 5.97 Å². The van der Waals surface area contributed by atoms with Crippen molar-refractivity contribution in [3.8, 4) is 11.5 Å². The summed E-state index contributed by atoms with van der Waals surface area (Å²) in [6, 6.07) is 20.5. The summed E-state index contributed by atoms with van der Waals surface area (Å²) in [5, 5.41) is 4.47. The molecule has 8 heteroatoms. The molecular formula is C23H18BrClN2O4. The normalized spacial score (nSPS) is 11.7. The highest BCUT2D eigenvalue weighted by atomic mass is 79.9. The Morgan fingerprint density at radius 2 is 1.84 bits per heavy atom. The number of carbonyl (C=O) groups excluding carboxylic acids is 2. The maximum absolute atomic E-state index is 12.3. The minimum atomic E-state index is -0.798. The van der Waals surface area contributed by atoms with Gasteiger partial charge in [0.15, 0.2) is 6.10 Å². The second kappa shape index (κ2) is 10.7. The number of hydrazone groups is 1. The summed E-state index contributed by atoms with van der Waals surface area (Å²) in [5.74, 6) is -0.168. The molecule has 0 aliphatic heterocycles. The van der Waals surface area contributed by atoms with Crippen molar-refractivity contribution in [3.63, 3.8) is 0 Å². The van der Waals surface area contributed by atoms with E-state index < -0.39 is 18.0 Å². The van der Waals surface area contributed by atoms with Crippen LogP contribution in [0.15, 0.2) is 82.4 Å². The second-order valence-corrected chi connectivity index (χ2v) is 7.74. The van der Waals surface area contributed by atoms with Gasteiger partial charge in [0.2, 0.25) is 0 Å². The maximum atomic E-state index is 12.3. The van der Waals surface area contributed by atoms with Gasteiger partial charge in [0.25, 0.3) is 5.91 Å². The van der Waals surface area contributed by atoms with Crippen LogP contribution >= 0.6 is 27.5 Å². The zero-order chi connectivity index (χ0) is 22.2. The molecule has 0 unspecified atom stereocenters. The van der Waals surface area contributed by atoms with E-state index in [1.807, 2.05) is 6.07 Å². The highest BCUT2D eigenvalue weighted by Gasteiger charge is 2.15. The molecule has 6 nitrogen and oxygen atoms in total. The van der Waals surface area contributed by atoms with Gasteiger partial charge in [-0.3, -0.25) is 4.79 Å². The average Bonchev–Trinajstić information content (AvgIpc) is 2.76. The number of hydrogen-bond donors (Lipinski definition) is 1. The molecule has 0 fully saturated rings.